The first-order valence-electron chi connectivity index (χ1n) is 24.0. The van der Waals surface area contributed by atoms with Crippen LogP contribution in [0.15, 0.2) is 255 Å². The van der Waals surface area contributed by atoms with Gasteiger partial charge < -0.3 is 9.80 Å². The molecule has 69 heavy (non-hydrogen) atoms. The number of fused-ring (bicyclic) bond motifs is 7. The van der Waals surface area contributed by atoms with E-state index in [1.54, 1.807) is 0 Å². The number of hydrogen-bond donors (Lipinski definition) is 0. The zero-order valence-electron chi connectivity index (χ0n) is 38.6. The third-order valence-corrected chi connectivity index (χ3v) is 14.6. The fourth-order valence-electron chi connectivity index (χ4n) is 11.1. The van der Waals surface area contributed by atoms with E-state index >= 15 is 0 Å². The lowest BCUT2D eigenvalue weighted by molar-refractivity contribution is 0.661. The molecule has 0 bridgehead atoms. The summed E-state index contributed by atoms with van der Waals surface area (Å²) in [6.07, 6.45) is 0. The lowest BCUT2D eigenvalue weighted by Gasteiger charge is -2.34. The number of benzene rings is 12. The van der Waals surface area contributed by atoms with Crippen LogP contribution in [0, 0.1) is 0 Å². The van der Waals surface area contributed by atoms with E-state index in [4.69, 9.17) is 0 Å². The third kappa shape index (κ3) is 6.79. The molecule has 0 fully saturated rings. The Hall–Kier alpha value is -8.72. The van der Waals surface area contributed by atoms with Gasteiger partial charge in [0, 0.05) is 49.7 Å². The van der Waals surface area contributed by atoms with Gasteiger partial charge in [-0.3, -0.25) is 0 Å². The monoisotopic (exact) mass is 880 g/mol. The summed E-state index contributed by atoms with van der Waals surface area (Å²) in [4.78, 5) is 5.04. The van der Waals surface area contributed by atoms with Gasteiger partial charge in [-0.15, -0.1) is 0 Å². The largest absolute Gasteiger partial charge is 0.309 e. The van der Waals surface area contributed by atoms with Gasteiger partial charge in [0.05, 0.1) is 11.4 Å². The maximum absolute atomic E-state index is 2.54. The summed E-state index contributed by atoms with van der Waals surface area (Å²) in [5, 5.41) is 9.53. The molecule has 0 amide bonds. The Labute approximate surface area is 403 Å². The van der Waals surface area contributed by atoms with Gasteiger partial charge >= 0.3 is 0 Å². The SMILES string of the molecule is CC1(C)c2ccccc2-c2cc3c(N(c4ccc(-c5ccccc5)cc4)c4ccc5ccccc5c4)c4ccccc4c(N(c4ccc(-c5ccccc5)cc4)c4ccc5ccccc5c4)c3cc21. The molecule has 0 aromatic heterocycles. The molecular formula is C67H48N2. The van der Waals surface area contributed by atoms with Gasteiger partial charge in [-0.1, -0.05) is 208 Å². The Bertz CT molecular complexity index is 3910. The number of rotatable bonds is 8. The van der Waals surface area contributed by atoms with Crippen LogP contribution in [0.25, 0.3) is 76.5 Å². The second-order valence-electron chi connectivity index (χ2n) is 18.9. The second-order valence-corrected chi connectivity index (χ2v) is 18.9. The first-order valence-corrected chi connectivity index (χ1v) is 24.0. The van der Waals surface area contributed by atoms with Crippen LogP contribution in [-0.2, 0) is 5.41 Å². The van der Waals surface area contributed by atoms with Crippen LogP contribution in [0.3, 0.4) is 0 Å². The van der Waals surface area contributed by atoms with Crippen LogP contribution in [-0.4, -0.2) is 0 Å². The lowest BCUT2D eigenvalue weighted by Crippen LogP contribution is -2.17. The van der Waals surface area contributed by atoms with E-state index in [-0.39, 0.29) is 5.41 Å². The van der Waals surface area contributed by atoms with Crippen molar-refractivity contribution >= 4 is 77.2 Å². The predicted octanol–water partition coefficient (Wildman–Crippen LogP) is 18.9. The smallest absolute Gasteiger partial charge is 0.0620 e. The van der Waals surface area contributed by atoms with Gasteiger partial charge in [0.1, 0.15) is 0 Å². The molecule has 12 aromatic rings. The third-order valence-electron chi connectivity index (χ3n) is 14.6. The van der Waals surface area contributed by atoms with Crippen LogP contribution in [0.1, 0.15) is 25.0 Å². The van der Waals surface area contributed by atoms with Crippen LogP contribution in [0.4, 0.5) is 34.1 Å². The van der Waals surface area contributed by atoms with Crippen molar-refractivity contribution in [2.45, 2.75) is 19.3 Å². The Morgan fingerprint density at radius 3 is 1.16 bits per heavy atom. The van der Waals surface area contributed by atoms with Crippen molar-refractivity contribution in [1.82, 2.24) is 0 Å². The minimum absolute atomic E-state index is 0.223. The van der Waals surface area contributed by atoms with E-state index in [2.05, 4.69) is 278 Å². The summed E-state index contributed by atoms with van der Waals surface area (Å²) in [6, 6.07) is 94.1. The van der Waals surface area contributed by atoms with Crippen molar-refractivity contribution in [2.75, 3.05) is 9.80 Å². The van der Waals surface area contributed by atoms with Crippen LogP contribution >= 0.6 is 0 Å². The Morgan fingerprint density at radius 1 is 0.261 bits per heavy atom. The van der Waals surface area contributed by atoms with E-state index in [1.165, 1.54) is 82.2 Å². The Balaban J connectivity index is 1.15. The fraction of sp³-hybridized carbons (Fsp3) is 0.0448. The molecule has 0 saturated carbocycles. The molecule has 0 saturated heterocycles. The zero-order chi connectivity index (χ0) is 46.1. The van der Waals surface area contributed by atoms with Crippen molar-refractivity contribution < 1.29 is 0 Å². The first-order chi connectivity index (χ1) is 34.0. The Kier molecular flexibility index (Phi) is 9.55. The minimum atomic E-state index is -0.223. The van der Waals surface area contributed by atoms with Gasteiger partial charge in [-0.2, -0.15) is 0 Å². The highest BCUT2D eigenvalue weighted by Crippen LogP contribution is 2.56. The van der Waals surface area contributed by atoms with E-state index in [0.29, 0.717) is 0 Å². The van der Waals surface area contributed by atoms with Crippen molar-refractivity contribution in [2.24, 2.45) is 0 Å². The second kappa shape index (κ2) is 16.3. The van der Waals surface area contributed by atoms with Crippen LogP contribution in [0.2, 0.25) is 0 Å². The number of hydrogen-bond acceptors (Lipinski definition) is 2. The molecule has 1 aliphatic carbocycles. The first kappa shape index (κ1) is 40.5. The van der Waals surface area contributed by atoms with Gasteiger partial charge in [0.15, 0.2) is 0 Å². The molecule has 0 aliphatic heterocycles. The molecular weight excluding hydrogens is 833 g/mol. The van der Waals surface area contributed by atoms with E-state index in [1.807, 2.05) is 0 Å². The maximum Gasteiger partial charge on any atom is 0.0620 e. The van der Waals surface area contributed by atoms with Crippen LogP contribution in [0.5, 0.6) is 0 Å². The summed E-state index contributed by atoms with van der Waals surface area (Å²) >= 11 is 0. The van der Waals surface area contributed by atoms with Gasteiger partial charge in [-0.25, -0.2) is 0 Å². The van der Waals surface area contributed by atoms with Gasteiger partial charge in [0.2, 0.25) is 0 Å². The summed E-state index contributed by atoms with van der Waals surface area (Å²) < 4.78 is 0. The summed E-state index contributed by atoms with van der Waals surface area (Å²) in [5.41, 5.74) is 16.5. The average molecular weight is 881 g/mol. The van der Waals surface area contributed by atoms with Crippen molar-refractivity contribution in [3.8, 4) is 33.4 Å². The highest BCUT2D eigenvalue weighted by atomic mass is 15.2. The fourth-order valence-corrected chi connectivity index (χ4v) is 11.1. The van der Waals surface area contributed by atoms with Gasteiger partial charge in [-0.05, 0) is 127 Å². The topological polar surface area (TPSA) is 6.48 Å². The minimum Gasteiger partial charge on any atom is -0.309 e. The van der Waals surface area contributed by atoms with Crippen LogP contribution < -0.4 is 9.80 Å². The van der Waals surface area contributed by atoms with E-state index in [9.17, 15) is 0 Å². The molecule has 0 radical (unpaired) electrons. The van der Waals surface area contributed by atoms with Gasteiger partial charge in [0.25, 0.3) is 0 Å². The molecule has 1 aliphatic rings. The molecule has 326 valence electrons. The van der Waals surface area contributed by atoms with Crippen molar-refractivity contribution in [1.29, 1.82) is 0 Å². The molecule has 13 rings (SSSR count). The molecule has 0 spiro atoms. The molecule has 0 atom stereocenters. The molecule has 0 unspecified atom stereocenters. The molecule has 0 heterocycles. The highest BCUT2D eigenvalue weighted by molar-refractivity contribution is 6.24. The Morgan fingerprint density at radius 2 is 0.652 bits per heavy atom. The molecule has 0 N–H and O–H groups in total. The highest BCUT2D eigenvalue weighted by Gasteiger charge is 2.37. The average Bonchev–Trinajstić information content (AvgIpc) is 3.64. The van der Waals surface area contributed by atoms with Crippen molar-refractivity contribution in [3.05, 3.63) is 266 Å². The molecule has 2 heteroatoms. The predicted molar refractivity (Wildman–Crippen MR) is 294 cm³/mol. The van der Waals surface area contributed by atoms with Crippen molar-refractivity contribution in [3.63, 3.8) is 0 Å². The summed E-state index contributed by atoms with van der Waals surface area (Å²) in [7, 11) is 0. The summed E-state index contributed by atoms with van der Waals surface area (Å²) in [5.74, 6) is 0. The summed E-state index contributed by atoms with van der Waals surface area (Å²) in [6.45, 7) is 4.79. The number of anilines is 6. The normalized spacial score (nSPS) is 12.6. The van der Waals surface area contributed by atoms with E-state index < -0.39 is 0 Å². The number of nitrogens with zero attached hydrogens (tertiary/aromatic N) is 2. The van der Waals surface area contributed by atoms with E-state index in [0.717, 1.165) is 39.5 Å². The maximum atomic E-state index is 2.54. The zero-order valence-corrected chi connectivity index (χ0v) is 38.6. The lowest BCUT2D eigenvalue weighted by atomic mass is 9.81. The standard InChI is InChI=1S/C67H48N2/c1-67(2)63-28-16-15-25-57(63)60-43-61-62(44-64(60)67)66(69(56-40-34-48-22-10-12-24-52(48)42-56)54-37-31-50(32-38-54)46-19-7-4-8-20-46)59-27-14-13-26-58(59)65(61)68(55-39-33-47-21-9-11-23-51(47)41-55)53-35-29-49(30-36-53)45-17-5-3-6-18-45/h3-44H,1-2H3. The molecule has 2 nitrogen and oxygen atoms in total. The quantitative estimate of drug-likeness (QED) is 0.111. The molecule has 12 aromatic carbocycles.